The molecule has 144 valence electrons. The molecule has 7 heteroatoms. The number of hydrogen-bond donors (Lipinski definition) is 0. The minimum absolute atomic E-state index is 0.0195. The molecule has 0 aliphatic rings. The van der Waals surface area contributed by atoms with Gasteiger partial charge in [-0.2, -0.15) is 0 Å². The second kappa shape index (κ2) is 8.24. The predicted molar refractivity (Wildman–Crippen MR) is 94.9 cm³/mol. The van der Waals surface area contributed by atoms with E-state index in [-0.39, 0.29) is 5.69 Å². The van der Waals surface area contributed by atoms with Crippen molar-refractivity contribution in [3.05, 3.63) is 65.5 Å². The van der Waals surface area contributed by atoms with E-state index in [1.54, 1.807) is 13.8 Å². The van der Waals surface area contributed by atoms with Gasteiger partial charge in [-0.25, -0.2) is 13.2 Å². The largest absolute Gasteiger partial charge is 0.458 e. The van der Waals surface area contributed by atoms with Gasteiger partial charge < -0.3 is 4.74 Å². The lowest BCUT2D eigenvalue weighted by Gasteiger charge is -2.27. The Bertz CT molecular complexity index is 832. The van der Waals surface area contributed by atoms with Gasteiger partial charge in [0.15, 0.2) is 0 Å². The summed E-state index contributed by atoms with van der Waals surface area (Å²) < 4.78 is 47.0. The van der Waals surface area contributed by atoms with E-state index in [1.807, 2.05) is 6.92 Å². The first-order valence-electron chi connectivity index (χ1n) is 8.38. The van der Waals surface area contributed by atoms with E-state index >= 15 is 0 Å². The Morgan fingerprint density at radius 1 is 1.04 bits per heavy atom. The van der Waals surface area contributed by atoms with Gasteiger partial charge in [0.1, 0.15) is 35.2 Å². The molecule has 0 unspecified atom stereocenters. The molecular formula is C20H20F3NO3. The number of nitrogens with zero attached hydrogens (tertiary/aromatic N) is 1. The summed E-state index contributed by atoms with van der Waals surface area (Å²) in [7, 11) is 0. The fraction of sp³-hybridized carbons (Fsp3) is 0.300. The third kappa shape index (κ3) is 5.09. The van der Waals surface area contributed by atoms with E-state index in [2.05, 4.69) is 0 Å². The van der Waals surface area contributed by atoms with Gasteiger partial charge in [0.25, 0.3) is 5.91 Å². The van der Waals surface area contributed by atoms with Crippen LogP contribution >= 0.6 is 0 Å². The second-order valence-electron chi connectivity index (χ2n) is 6.56. The quantitative estimate of drug-likeness (QED) is 0.695. The first kappa shape index (κ1) is 20.5. The molecule has 2 rings (SSSR count). The van der Waals surface area contributed by atoms with E-state index in [4.69, 9.17) is 4.74 Å². The van der Waals surface area contributed by atoms with Crippen LogP contribution < -0.4 is 4.90 Å². The minimum Gasteiger partial charge on any atom is -0.458 e. The van der Waals surface area contributed by atoms with Gasteiger partial charge in [0.05, 0.1) is 0 Å². The molecule has 0 saturated heterocycles. The zero-order valence-electron chi connectivity index (χ0n) is 15.3. The van der Waals surface area contributed by atoms with E-state index in [9.17, 15) is 22.8 Å². The monoisotopic (exact) mass is 379 g/mol. The lowest BCUT2D eigenvalue weighted by Crippen LogP contribution is -2.40. The van der Waals surface area contributed by atoms with Crippen molar-refractivity contribution < 1.29 is 27.5 Å². The van der Waals surface area contributed by atoms with Crippen molar-refractivity contribution in [1.29, 1.82) is 0 Å². The van der Waals surface area contributed by atoms with Crippen LogP contribution in [-0.2, 0) is 9.53 Å². The molecule has 0 radical (unpaired) electrons. The molecule has 0 aliphatic carbocycles. The van der Waals surface area contributed by atoms with Gasteiger partial charge in [-0.05, 0) is 50.6 Å². The highest BCUT2D eigenvalue weighted by Gasteiger charge is 2.29. The average Bonchev–Trinajstić information content (AvgIpc) is 2.59. The predicted octanol–water partition coefficient (Wildman–Crippen LogP) is 4.48. The van der Waals surface area contributed by atoms with Crippen molar-refractivity contribution in [2.45, 2.75) is 32.8 Å². The summed E-state index contributed by atoms with van der Waals surface area (Å²) >= 11 is 0. The maximum Gasteiger partial charge on any atom is 0.326 e. The summed E-state index contributed by atoms with van der Waals surface area (Å²) in [5, 5.41) is 0. The molecule has 4 nitrogen and oxygen atoms in total. The summed E-state index contributed by atoms with van der Waals surface area (Å²) in [5.41, 5.74) is -1.63. The van der Waals surface area contributed by atoms with Crippen molar-refractivity contribution in [2.24, 2.45) is 0 Å². The molecule has 0 heterocycles. The summed E-state index contributed by atoms with van der Waals surface area (Å²) in [5.74, 6) is -4.72. The summed E-state index contributed by atoms with van der Waals surface area (Å²) in [6.45, 7) is 4.57. The first-order chi connectivity index (χ1) is 12.6. The lowest BCUT2D eigenvalue weighted by atomic mass is 10.1. The van der Waals surface area contributed by atoms with Gasteiger partial charge in [-0.15, -0.1) is 0 Å². The van der Waals surface area contributed by atoms with E-state index in [0.717, 1.165) is 35.2 Å². The van der Waals surface area contributed by atoms with Crippen molar-refractivity contribution in [2.75, 3.05) is 11.4 Å². The minimum atomic E-state index is -1.11. The average molecular weight is 379 g/mol. The number of esters is 1. The molecule has 0 atom stereocenters. The normalized spacial score (nSPS) is 11.2. The van der Waals surface area contributed by atoms with Crippen LogP contribution in [0.1, 0.15) is 37.6 Å². The number of carbonyl (C=O) groups is 2. The van der Waals surface area contributed by atoms with Crippen LogP contribution in [0.4, 0.5) is 18.9 Å². The maximum absolute atomic E-state index is 14.0. The lowest BCUT2D eigenvalue weighted by molar-refractivity contribution is -0.154. The molecule has 0 aromatic heterocycles. The van der Waals surface area contributed by atoms with Crippen molar-refractivity contribution >= 4 is 17.6 Å². The summed E-state index contributed by atoms with van der Waals surface area (Å²) in [4.78, 5) is 25.9. The van der Waals surface area contributed by atoms with Crippen LogP contribution in [0.15, 0.2) is 42.5 Å². The molecule has 0 aliphatic heterocycles. The Labute approximate surface area is 155 Å². The number of hydrogen-bond acceptors (Lipinski definition) is 3. The topological polar surface area (TPSA) is 46.6 Å². The fourth-order valence-corrected chi connectivity index (χ4v) is 2.30. The molecule has 2 aromatic rings. The first-order valence-corrected chi connectivity index (χ1v) is 8.38. The Morgan fingerprint density at radius 2 is 1.63 bits per heavy atom. The number of ether oxygens (including phenoxy) is 1. The Kier molecular flexibility index (Phi) is 6.25. The highest BCUT2D eigenvalue weighted by molar-refractivity contribution is 6.08. The van der Waals surface area contributed by atoms with Crippen molar-refractivity contribution in [3.8, 4) is 0 Å². The number of amides is 1. The number of anilines is 1. The van der Waals surface area contributed by atoms with Gasteiger partial charge in [0, 0.05) is 5.69 Å². The molecular weight excluding hydrogens is 359 g/mol. The fourth-order valence-electron chi connectivity index (χ4n) is 2.30. The molecule has 1 amide bonds. The highest BCUT2D eigenvalue weighted by Crippen LogP contribution is 2.22. The number of halogens is 3. The van der Waals surface area contributed by atoms with Gasteiger partial charge in [-0.1, -0.05) is 19.1 Å². The van der Waals surface area contributed by atoms with Gasteiger partial charge >= 0.3 is 5.97 Å². The second-order valence-corrected chi connectivity index (χ2v) is 6.56. The molecule has 27 heavy (non-hydrogen) atoms. The van der Waals surface area contributed by atoms with Crippen molar-refractivity contribution in [1.82, 2.24) is 0 Å². The molecule has 2 aromatic carbocycles. The standard InChI is InChI=1S/C20H20F3NO3/c1-4-20(2,3)27-17(25)12-24(14-8-5-7-13(21)11-14)19(26)18-15(22)9-6-10-16(18)23/h5-11H,4,12H2,1-3H3. The molecule has 0 spiro atoms. The number of carbonyl (C=O) groups excluding carboxylic acids is 2. The van der Waals surface area contributed by atoms with Gasteiger partial charge in [-0.3, -0.25) is 14.5 Å². The molecule has 0 saturated carbocycles. The SMILES string of the molecule is CCC(C)(C)OC(=O)CN(C(=O)c1c(F)cccc1F)c1cccc(F)c1. The van der Waals surface area contributed by atoms with E-state index < -0.39 is 47.0 Å². The Morgan fingerprint density at radius 3 is 2.19 bits per heavy atom. The van der Waals surface area contributed by atoms with Crippen LogP contribution in [0.25, 0.3) is 0 Å². The van der Waals surface area contributed by atoms with Crippen LogP contribution in [0, 0.1) is 17.5 Å². The molecule has 0 bridgehead atoms. The van der Waals surface area contributed by atoms with Crippen LogP contribution in [0.5, 0.6) is 0 Å². The van der Waals surface area contributed by atoms with Crippen molar-refractivity contribution in [3.63, 3.8) is 0 Å². The van der Waals surface area contributed by atoms with E-state index in [1.165, 1.54) is 12.1 Å². The summed E-state index contributed by atoms with van der Waals surface area (Å²) in [6, 6.07) is 7.80. The van der Waals surface area contributed by atoms with Gasteiger partial charge in [0.2, 0.25) is 0 Å². The smallest absolute Gasteiger partial charge is 0.326 e. The third-order valence-corrected chi connectivity index (χ3v) is 4.07. The Hall–Kier alpha value is -2.83. The third-order valence-electron chi connectivity index (χ3n) is 4.07. The number of benzene rings is 2. The van der Waals surface area contributed by atoms with Crippen LogP contribution in [0.3, 0.4) is 0 Å². The molecule has 0 fully saturated rings. The highest BCUT2D eigenvalue weighted by atomic mass is 19.1. The Balaban J connectivity index is 2.41. The zero-order valence-corrected chi connectivity index (χ0v) is 15.3. The maximum atomic E-state index is 14.0. The number of rotatable bonds is 6. The molecule has 0 N–H and O–H groups in total. The van der Waals surface area contributed by atoms with Crippen LogP contribution in [-0.4, -0.2) is 24.0 Å². The van der Waals surface area contributed by atoms with Crippen LogP contribution in [0.2, 0.25) is 0 Å². The zero-order chi connectivity index (χ0) is 20.2. The summed E-state index contributed by atoms with van der Waals surface area (Å²) in [6.07, 6.45) is 0.522. The van der Waals surface area contributed by atoms with E-state index in [0.29, 0.717) is 6.42 Å².